The van der Waals surface area contributed by atoms with Gasteiger partial charge in [-0.2, -0.15) is 0 Å². The fourth-order valence-electron chi connectivity index (χ4n) is 3.57. The molecule has 4 heteroatoms. The van der Waals surface area contributed by atoms with Crippen LogP contribution in [0.2, 0.25) is 0 Å². The number of aryl methyl sites for hydroxylation is 1. The number of fused-ring (bicyclic) bond motifs is 1. The first-order valence-corrected chi connectivity index (χ1v) is 10.0. The molecule has 1 aliphatic rings. The summed E-state index contributed by atoms with van der Waals surface area (Å²) in [5, 5.41) is 0. The van der Waals surface area contributed by atoms with Crippen LogP contribution in [0.5, 0.6) is 11.5 Å². The minimum atomic E-state index is -0.224. The summed E-state index contributed by atoms with van der Waals surface area (Å²) >= 11 is 0. The molecule has 0 fully saturated rings. The summed E-state index contributed by atoms with van der Waals surface area (Å²) in [5.41, 5.74) is 6.10. The molecule has 0 amide bonds. The normalized spacial score (nSPS) is 13.1. The molecule has 0 spiro atoms. The fraction of sp³-hybridized carbons (Fsp3) is 0.192. The molecule has 3 nitrogen and oxygen atoms in total. The summed E-state index contributed by atoms with van der Waals surface area (Å²) in [6.45, 7) is 3.11. The molecular weight excluding hydrogens is 377 g/mol. The first-order chi connectivity index (χ1) is 14.6. The molecule has 3 aromatic carbocycles. The number of rotatable bonds is 6. The Morgan fingerprint density at radius 3 is 2.60 bits per heavy atom. The highest BCUT2D eigenvalue weighted by molar-refractivity contribution is 6.12. The second kappa shape index (κ2) is 8.95. The van der Waals surface area contributed by atoms with E-state index in [-0.39, 0.29) is 5.82 Å². The maximum Gasteiger partial charge on any atom is 0.161 e. The Morgan fingerprint density at radius 1 is 1.00 bits per heavy atom. The van der Waals surface area contributed by atoms with E-state index in [0.29, 0.717) is 12.4 Å². The van der Waals surface area contributed by atoms with Crippen molar-refractivity contribution < 1.29 is 13.9 Å². The van der Waals surface area contributed by atoms with E-state index in [1.807, 2.05) is 55.5 Å². The van der Waals surface area contributed by atoms with Crippen molar-refractivity contribution in [2.45, 2.75) is 20.0 Å². The first kappa shape index (κ1) is 19.9. The van der Waals surface area contributed by atoms with Crippen LogP contribution in [-0.4, -0.2) is 19.4 Å². The number of hydrogen-bond acceptors (Lipinski definition) is 3. The molecule has 0 saturated heterocycles. The number of ether oxygens (including phenoxy) is 2. The predicted molar refractivity (Wildman–Crippen MR) is 119 cm³/mol. The molecule has 30 heavy (non-hydrogen) atoms. The zero-order valence-electron chi connectivity index (χ0n) is 17.2. The van der Waals surface area contributed by atoms with E-state index >= 15 is 0 Å². The number of benzene rings is 3. The summed E-state index contributed by atoms with van der Waals surface area (Å²) in [4.78, 5) is 4.69. The van der Waals surface area contributed by atoms with Gasteiger partial charge in [0.2, 0.25) is 0 Å². The number of methoxy groups -OCH3 is 1. The predicted octanol–water partition coefficient (Wildman–Crippen LogP) is 5.78. The van der Waals surface area contributed by atoms with Crippen LogP contribution >= 0.6 is 0 Å². The largest absolute Gasteiger partial charge is 0.493 e. The fourth-order valence-corrected chi connectivity index (χ4v) is 3.57. The number of halogens is 1. The van der Waals surface area contributed by atoms with Gasteiger partial charge in [-0.3, -0.25) is 4.99 Å². The Bertz CT molecular complexity index is 1100. The lowest BCUT2D eigenvalue weighted by Gasteiger charge is -2.19. The molecule has 3 aromatic rings. The third kappa shape index (κ3) is 4.43. The molecule has 0 saturated carbocycles. The summed E-state index contributed by atoms with van der Waals surface area (Å²) in [6.07, 6.45) is 4.82. The summed E-state index contributed by atoms with van der Waals surface area (Å²) in [7, 11) is 1.65. The highest BCUT2D eigenvalue weighted by Gasteiger charge is 2.17. The van der Waals surface area contributed by atoms with Crippen LogP contribution < -0.4 is 9.47 Å². The minimum Gasteiger partial charge on any atom is -0.493 e. The van der Waals surface area contributed by atoms with Crippen molar-refractivity contribution in [2.75, 3.05) is 13.7 Å². The van der Waals surface area contributed by atoms with Crippen LogP contribution in [0.1, 0.15) is 27.8 Å². The van der Waals surface area contributed by atoms with Crippen LogP contribution in [0.15, 0.2) is 71.7 Å². The van der Waals surface area contributed by atoms with Crippen molar-refractivity contribution in [1.82, 2.24) is 0 Å². The summed E-state index contributed by atoms with van der Waals surface area (Å²) < 4.78 is 25.0. The van der Waals surface area contributed by atoms with E-state index in [9.17, 15) is 4.39 Å². The molecule has 0 aliphatic carbocycles. The maximum absolute atomic E-state index is 13.4. The van der Waals surface area contributed by atoms with E-state index in [1.54, 1.807) is 13.2 Å². The van der Waals surface area contributed by atoms with Crippen molar-refractivity contribution >= 4 is 11.8 Å². The van der Waals surface area contributed by atoms with Gasteiger partial charge in [0.1, 0.15) is 12.4 Å². The van der Waals surface area contributed by atoms with Crippen molar-refractivity contribution in [2.24, 2.45) is 4.99 Å². The Balaban J connectivity index is 1.59. The van der Waals surface area contributed by atoms with Crippen molar-refractivity contribution in [3.8, 4) is 11.5 Å². The molecule has 1 heterocycles. The highest BCUT2D eigenvalue weighted by Crippen LogP contribution is 2.33. The second-order valence-corrected chi connectivity index (χ2v) is 7.29. The Kier molecular flexibility index (Phi) is 5.94. The third-order valence-corrected chi connectivity index (χ3v) is 5.22. The van der Waals surface area contributed by atoms with E-state index in [1.165, 1.54) is 17.7 Å². The molecule has 152 valence electrons. The van der Waals surface area contributed by atoms with Crippen LogP contribution in [0.4, 0.5) is 4.39 Å². The topological polar surface area (TPSA) is 30.8 Å². The average Bonchev–Trinajstić information content (AvgIpc) is 2.77. The van der Waals surface area contributed by atoms with Gasteiger partial charge in [-0.15, -0.1) is 0 Å². The first-order valence-electron chi connectivity index (χ1n) is 10.0. The van der Waals surface area contributed by atoms with Crippen LogP contribution in [-0.2, 0) is 13.0 Å². The number of aliphatic imine (C=N–C) groups is 1. The third-order valence-electron chi connectivity index (χ3n) is 5.22. The Morgan fingerprint density at radius 2 is 1.83 bits per heavy atom. The standard InChI is InChI=1S/C26H24FNO2/c1-18-14-22(27)10-8-20(18)9-11-24-23-16-25(29-2)26(15-21(23)12-13-28-24)30-17-19-6-4-3-5-7-19/h3-11,14-16H,12-13,17H2,1-2H3. The zero-order chi connectivity index (χ0) is 20.9. The molecular formula is C26H24FNO2. The van der Waals surface area contributed by atoms with Gasteiger partial charge in [0.25, 0.3) is 0 Å². The van der Waals surface area contributed by atoms with Gasteiger partial charge in [-0.05, 0) is 65.9 Å². The van der Waals surface area contributed by atoms with Crippen molar-refractivity contribution in [1.29, 1.82) is 0 Å². The Hall–Kier alpha value is -3.40. The maximum atomic E-state index is 13.4. The smallest absolute Gasteiger partial charge is 0.161 e. The van der Waals surface area contributed by atoms with Crippen LogP contribution in [0.3, 0.4) is 0 Å². The molecule has 4 rings (SSSR count). The van der Waals surface area contributed by atoms with E-state index in [2.05, 4.69) is 6.07 Å². The SMILES string of the molecule is COc1cc2c(cc1OCc1ccccc1)CCN=C2C=Cc1ccc(F)cc1C. The van der Waals surface area contributed by atoms with Crippen molar-refractivity contribution in [3.63, 3.8) is 0 Å². The van der Waals surface area contributed by atoms with Gasteiger partial charge in [0, 0.05) is 12.1 Å². The number of allylic oxidation sites excluding steroid dienone is 1. The number of nitrogens with zero attached hydrogens (tertiary/aromatic N) is 1. The average molecular weight is 401 g/mol. The monoisotopic (exact) mass is 401 g/mol. The summed E-state index contributed by atoms with van der Waals surface area (Å²) in [5.74, 6) is 1.20. The molecule has 0 N–H and O–H groups in total. The molecule has 0 bridgehead atoms. The van der Waals surface area contributed by atoms with Gasteiger partial charge in [-0.25, -0.2) is 4.39 Å². The van der Waals surface area contributed by atoms with Crippen molar-refractivity contribution in [3.05, 3.63) is 100 Å². The zero-order valence-corrected chi connectivity index (χ0v) is 17.2. The lowest BCUT2D eigenvalue weighted by molar-refractivity contribution is 0.284. The van der Waals surface area contributed by atoms with Crippen LogP contribution in [0, 0.1) is 12.7 Å². The lowest BCUT2D eigenvalue weighted by Crippen LogP contribution is -2.12. The molecule has 0 unspecified atom stereocenters. The molecule has 1 aliphatic heterocycles. The molecule has 0 atom stereocenters. The van der Waals surface area contributed by atoms with Gasteiger partial charge >= 0.3 is 0 Å². The molecule has 0 radical (unpaired) electrons. The van der Waals surface area contributed by atoms with Gasteiger partial charge in [0.15, 0.2) is 11.5 Å². The quantitative estimate of drug-likeness (QED) is 0.524. The van der Waals surface area contributed by atoms with Gasteiger partial charge in [0.05, 0.1) is 12.8 Å². The molecule has 0 aromatic heterocycles. The highest BCUT2D eigenvalue weighted by atomic mass is 19.1. The Labute approximate surface area is 176 Å². The van der Waals surface area contributed by atoms with Gasteiger partial charge in [-0.1, -0.05) is 42.5 Å². The van der Waals surface area contributed by atoms with E-state index < -0.39 is 0 Å². The summed E-state index contributed by atoms with van der Waals surface area (Å²) in [6, 6.07) is 18.9. The second-order valence-electron chi connectivity index (χ2n) is 7.29. The number of hydrogen-bond donors (Lipinski definition) is 0. The van der Waals surface area contributed by atoms with Crippen LogP contribution in [0.25, 0.3) is 6.08 Å². The minimum absolute atomic E-state index is 0.224. The van der Waals surface area contributed by atoms with Gasteiger partial charge < -0.3 is 9.47 Å². The van der Waals surface area contributed by atoms with E-state index in [0.717, 1.165) is 46.7 Å². The lowest BCUT2D eigenvalue weighted by atomic mass is 9.95. The van der Waals surface area contributed by atoms with E-state index in [4.69, 9.17) is 14.5 Å².